The molecule has 1 saturated heterocycles. The normalized spacial score (nSPS) is 16.8. The van der Waals surface area contributed by atoms with Gasteiger partial charge in [-0.15, -0.1) is 24.0 Å². The lowest BCUT2D eigenvalue weighted by molar-refractivity contribution is 0.598. The highest BCUT2D eigenvalue weighted by atomic mass is 127. The molecule has 0 amide bonds. The lowest BCUT2D eigenvalue weighted by Gasteiger charge is -2.20. The third-order valence-corrected chi connectivity index (χ3v) is 5.97. The molecule has 8 nitrogen and oxygen atoms in total. The van der Waals surface area contributed by atoms with Crippen LogP contribution in [0.2, 0.25) is 5.02 Å². The summed E-state index contributed by atoms with van der Waals surface area (Å²) in [5.41, 5.74) is 1.01. The van der Waals surface area contributed by atoms with E-state index in [0.29, 0.717) is 11.6 Å². The molecule has 0 radical (unpaired) electrons. The summed E-state index contributed by atoms with van der Waals surface area (Å²) in [6.07, 6.45) is 3.44. The number of aliphatic imine (C=N–C) groups is 1. The topological polar surface area (TPSA) is 113 Å². The van der Waals surface area contributed by atoms with Gasteiger partial charge in [0.1, 0.15) is 5.82 Å². The number of sulfonamides is 1. The van der Waals surface area contributed by atoms with Crippen LogP contribution in [-0.2, 0) is 16.4 Å². The summed E-state index contributed by atoms with van der Waals surface area (Å²) >= 11 is 6.25. The van der Waals surface area contributed by atoms with E-state index >= 15 is 0 Å². The zero-order valence-corrected chi connectivity index (χ0v) is 20.5. The molecule has 3 rings (SSSR count). The number of anilines is 1. The lowest BCUT2D eigenvalue weighted by atomic mass is 10.1. The van der Waals surface area contributed by atoms with Crippen LogP contribution in [0.3, 0.4) is 0 Å². The van der Waals surface area contributed by atoms with E-state index in [2.05, 4.69) is 25.5 Å². The molecule has 0 saturated carbocycles. The molecule has 1 aromatic heterocycles. The Kier molecular flexibility index (Phi) is 9.13. The first-order valence-corrected chi connectivity index (χ1v) is 11.2. The summed E-state index contributed by atoms with van der Waals surface area (Å²) in [4.78, 5) is 10.9. The number of nitrogens with two attached hydrogens (primary N) is 1. The number of rotatable bonds is 6. The SMILES string of the molecule is CN=C(NCCc1ccc(S(N)(=O)=O)cc1)NC1CCN(c2ncccc2Cl)C1.I. The second-order valence-corrected chi connectivity index (χ2v) is 8.79. The summed E-state index contributed by atoms with van der Waals surface area (Å²) in [5.74, 6) is 1.54. The number of nitrogens with one attached hydrogen (secondary N) is 2. The van der Waals surface area contributed by atoms with Crippen LogP contribution in [0.4, 0.5) is 5.82 Å². The van der Waals surface area contributed by atoms with Gasteiger partial charge in [-0.2, -0.15) is 0 Å². The summed E-state index contributed by atoms with van der Waals surface area (Å²) in [5, 5.41) is 12.5. The Morgan fingerprint density at radius 3 is 2.70 bits per heavy atom. The summed E-state index contributed by atoms with van der Waals surface area (Å²) in [6, 6.07) is 10.5. The fourth-order valence-electron chi connectivity index (χ4n) is 3.24. The van der Waals surface area contributed by atoms with Crippen LogP contribution < -0.4 is 20.7 Å². The van der Waals surface area contributed by atoms with Crippen molar-refractivity contribution in [1.29, 1.82) is 0 Å². The Morgan fingerprint density at radius 2 is 2.07 bits per heavy atom. The van der Waals surface area contributed by atoms with Gasteiger partial charge in [0.15, 0.2) is 5.96 Å². The van der Waals surface area contributed by atoms with E-state index in [4.69, 9.17) is 16.7 Å². The molecular weight excluding hydrogens is 539 g/mol. The van der Waals surface area contributed by atoms with Gasteiger partial charge >= 0.3 is 0 Å². The molecular formula is C19H26ClIN6O2S. The molecule has 11 heteroatoms. The molecule has 164 valence electrons. The van der Waals surface area contributed by atoms with Gasteiger partial charge in [-0.05, 0) is 42.7 Å². The fraction of sp³-hybridized carbons (Fsp3) is 0.368. The highest BCUT2D eigenvalue weighted by molar-refractivity contribution is 14.0. The Labute approximate surface area is 199 Å². The molecule has 1 fully saturated rings. The van der Waals surface area contributed by atoms with Crippen LogP contribution in [0.25, 0.3) is 0 Å². The minimum absolute atomic E-state index is 0. The highest BCUT2D eigenvalue weighted by Crippen LogP contribution is 2.25. The standard InChI is InChI=1S/C19H25ClN6O2S.HI/c1-22-19(24-11-8-14-4-6-16(7-5-14)29(21,27)28)25-15-9-12-26(13-15)18-17(20)3-2-10-23-18;/h2-7,10,15H,8-9,11-13H2,1H3,(H2,21,27,28)(H2,22,24,25);1H. The van der Waals surface area contributed by atoms with Crippen LogP contribution in [0.1, 0.15) is 12.0 Å². The monoisotopic (exact) mass is 564 g/mol. The van der Waals surface area contributed by atoms with E-state index in [0.717, 1.165) is 43.3 Å². The lowest BCUT2D eigenvalue weighted by Crippen LogP contribution is -2.45. The molecule has 2 aromatic rings. The minimum Gasteiger partial charge on any atom is -0.356 e. The number of hydrogen-bond acceptors (Lipinski definition) is 5. The Morgan fingerprint density at radius 1 is 1.33 bits per heavy atom. The number of guanidine groups is 1. The molecule has 0 spiro atoms. The van der Waals surface area contributed by atoms with Gasteiger partial charge in [-0.25, -0.2) is 18.5 Å². The predicted octanol–water partition coefficient (Wildman–Crippen LogP) is 1.99. The van der Waals surface area contributed by atoms with Gasteiger partial charge in [0.25, 0.3) is 0 Å². The van der Waals surface area contributed by atoms with Gasteiger partial charge in [-0.3, -0.25) is 4.99 Å². The molecule has 1 aliphatic rings. The van der Waals surface area contributed by atoms with E-state index in [1.54, 1.807) is 25.4 Å². The first kappa shape index (κ1) is 24.6. The van der Waals surface area contributed by atoms with E-state index in [-0.39, 0.29) is 34.9 Å². The van der Waals surface area contributed by atoms with Crippen molar-refractivity contribution >= 4 is 57.4 Å². The van der Waals surface area contributed by atoms with Crippen molar-refractivity contribution in [2.75, 3.05) is 31.6 Å². The van der Waals surface area contributed by atoms with Gasteiger partial charge in [0, 0.05) is 38.9 Å². The highest BCUT2D eigenvalue weighted by Gasteiger charge is 2.25. The molecule has 4 N–H and O–H groups in total. The largest absolute Gasteiger partial charge is 0.356 e. The smallest absolute Gasteiger partial charge is 0.238 e. The Balaban J connectivity index is 0.00000320. The van der Waals surface area contributed by atoms with Crippen LogP contribution in [-0.4, -0.2) is 52.1 Å². The van der Waals surface area contributed by atoms with Crippen LogP contribution in [0.5, 0.6) is 0 Å². The Hall–Kier alpha value is -1.63. The van der Waals surface area contributed by atoms with Gasteiger partial charge < -0.3 is 15.5 Å². The maximum atomic E-state index is 11.3. The van der Waals surface area contributed by atoms with Crippen LogP contribution >= 0.6 is 35.6 Å². The van der Waals surface area contributed by atoms with Crippen molar-refractivity contribution in [3.63, 3.8) is 0 Å². The first-order chi connectivity index (χ1) is 13.9. The number of hydrogen-bond donors (Lipinski definition) is 3. The average Bonchev–Trinajstić information content (AvgIpc) is 3.15. The number of halogens is 2. The number of benzene rings is 1. The van der Waals surface area contributed by atoms with Crippen molar-refractivity contribution in [3.8, 4) is 0 Å². The third kappa shape index (κ3) is 6.69. The van der Waals surface area contributed by atoms with Crippen molar-refractivity contribution < 1.29 is 8.42 Å². The third-order valence-electron chi connectivity index (χ3n) is 4.75. The van der Waals surface area contributed by atoms with E-state index in [9.17, 15) is 8.42 Å². The van der Waals surface area contributed by atoms with Gasteiger partial charge in [-0.1, -0.05) is 23.7 Å². The number of primary sulfonamides is 1. The summed E-state index contributed by atoms with van der Waals surface area (Å²) < 4.78 is 22.6. The maximum absolute atomic E-state index is 11.3. The molecule has 0 bridgehead atoms. The van der Waals surface area contributed by atoms with Crippen LogP contribution in [0.15, 0.2) is 52.5 Å². The minimum atomic E-state index is -3.66. The molecule has 30 heavy (non-hydrogen) atoms. The van der Waals surface area contributed by atoms with Crippen molar-refractivity contribution in [2.24, 2.45) is 10.1 Å². The molecule has 0 aliphatic carbocycles. The number of nitrogens with zero attached hydrogens (tertiary/aromatic N) is 3. The van der Waals surface area contributed by atoms with Gasteiger partial charge in [0.2, 0.25) is 10.0 Å². The number of pyridine rings is 1. The molecule has 2 heterocycles. The summed E-state index contributed by atoms with van der Waals surface area (Å²) in [6.45, 7) is 2.34. The van der Waals surface area contributed by atoms with E-state index in [1.807, 2.05) is 12.1 Å². The Bertz CT molecular complexity index is 971. The molecule has 1 unspecified atom stereocenters. The van der Waals surface area contributed by atoms with Crippen molar-refractivity contribution in [2.45, 2.75) is 23.8 Å². The predicted molar refractivity (Wildman–Crippen MR) is 131 cm³/mol. The van der Waals surface area contributed by atoms with E-state index < -0.39 is 10.0 Å². The quantitative estimate of drug-likeness (QED) is 0.281. The molecule has 1 aromatic carbocycles. The van der Waals surface area contributed by atoms with Crippen molar-refractivity contribution in [1.82, 2.24) is 15.6 Å². The summed E-state index contributed by atoms with van der Waals surface area (Å²) in [7, 11) is -1.93. The number of aromatic nitrogens is 1. The molecule has 1 atom stereocenters. The molecule has 1 aliphatic heterocycles. The zero-order valence-electron chi connectivity index (χ0n) is 16.6. The zero-order chi connectivity index (χ0) is 20.9. The van der Waals surface area contributed by atoms with Gasteiger partial charge in [0.05, 0.1) is 9.92 Å². The second-order valence-electron chi connectivity index (χ2n) is 6.82. The fourth-order valence-corrected chi connectivity index (χ4v) is 4.00. The first-order valence-electron chi connectivity index (χ1n) is 9.31. The average molecular weight is 565 g/mol. The second kappa shape index (κ2) is 11.1. The van der Waals surface area contributed by atoms with Crippen molar-refractivity contribution in [3.05, 3.63) is 53.2 Å². The van der Waals surface area contributed by atoms with Crippen LogP contribution in [0, 0.1) is 0 Å². The van der Waals surface area contributed by atoms with E-state index in [1.165, 1.54) is 12.1 Å². The maximum Gasteiger partial charge on any atom is 0.238 e.